The molecule has 0 N–H and O–H groups in total. The Balaban J connectivity index is 2.06. The summed E-state index contributed by atoms with van der Waals surface area (Å²) in [7, 11) is 0. The predicted octanol–water partition coefficient (Wildman–Crippen LogP) is 4.08. The molecular formula is C16H20O. The number of allylic oxidation sites excluding steroid dienone is 2. The van der Waals surface area contributed by atoms with Gasteiger partial charge in [0, 0.05) is 6.42 Å². The number of rotatable bonds is 4. The van der Waals surface area contributed by atoms with Gasteiger partial charge in [0.15, 0.2) is 5.78 Å². The van der Waals surface area contributed by atoms with Crippen LogP contribution in [-0.4, -0.2) is 5.78 Å². The van der Waals surface area contributed by atoms with Crippen molar-refractivity contribution in [2.75, 3.05) is 0 Å². The van der Waals surface area contributed by atoms with E-state index in [1.54, 1.807) is 0 Å². The van der Waals surface area contributed by atoms with Crippen molar-refractivity contribution in [2.24, 2.45) is 0 Å². The number of hydrogen-bond donors (Lipinski definition) is 0. The summed E-state index contributed by atoms with van der Waals surface area (Å²) in [5.74, 6) is 0.393. The van der Waals surface area contributed by atoms with Gasteiger partial charge in [-0.25, -0.2) is 0 Å². The average Bonchev–Trinajstić information content (AvgIpc) is 2.38. The maximum Gasteiger partial charge on any atom is 0.158 e. The van der Waals surface area contributed by atoms with E-state index in [1.807, 2.05) is 6.07 Å². The van der Waals surface area contributed by atoms with Gasteiger partial charge in [-0.1, -0.05) is 42.8 Å². The Kier molecular flexibility index (Phi) is 4.13. The molecule has 2 rings (SSSR count). The number of hydrogen-bond acceptors (Lipinski definition) is 1. The van der Waals surface area contributed by atoms with Gasteiger partial charge in [0.1, 0.15) is 0 Å². The van der Waals surface area contributed by atoms with Crippen molar-refractivity contribution in [3.63, 3.8) is 0 Å². The topological polar surface area (TPSA) is 17.1 Å². The SMILES string of the molecule is CCC1=C(CCc2ccccc2)C(=O)CCC1. The van der Waals surface area contributed by atoms with Gasteiger partial charge >= 0.3 is 0 Å². The third-order valence-electron chi connectivity index (χ3n) is 3.58. The van der Waals surface area contributed by atoms with Crippen LogP contribution in [0.1, 0.15) is 44.6 Å². The molecule has 1 aliphatic carbocycles. The van der Waals surface area contributed by atoms with Crippen LogP contribution in [0.15, 0.2) is 41.5 Å². The fourth-order valence-corrected chi connectivity index (χ4v) is 2.58. The number of Topliss-reactive ketones (excluding diaryl/α,β-unsaturated/α-hetero) is 1. The van der Waals surface area contributed by atoms with Gasteiger partial charge in [-0.05, 0) is 43.2 Å². The summed E-state index contributed by atoms with van der Waals surface area (Å²) in [6.45, 7) is 2.16. The van der Waals surface area contributed by atoms with Crippen LogP contribution < -0.4 is 0 Å². The van der Waals surface area contributed by atoms with Crippen molar-refractivity contribution < 1.29 is 4.79 Å². The second-order valence-electron chi connectivity index (χ2n) is 4.70. The minimum absolute atomic E-state index is 0.393. The summed E-state index contributed by atoms with van der Waals surface area (Å²) in [6.07, 6.45) is 5.89. The zero-order chi connectivity index (χ0) is 12.1. The molecule has 0 amide bonds. The van der Waals surface area contributed by atoms with Crippen LogP contribution in [-0.2, 0) is 11.2 Å². The summed E-state index contributed by atoms with van der Waals surface area (Å²) in [5, 5.41) is 0. The van der Waals surface area contributed by atoms with E-state index in [4.69, 9.17) is 0 Å². The summed E-state index contributed by atoms with van der Waals surface area (Å²) in [4.78, 5) is 11.9. The molecule has 0 spiro atoms. The van der Waals surface area contributed by atoms with E-state index in [1.165, 1.54) is 11.1 Å². The molecule has 1 aromatic rings. The van der Waals surface area contributed by atoms with Crippen LogP contribution in [0.3, 0.4) is 0 Å². The van der Waals surface area contributed by atoms with Gasteiger partial charge in [0.05, 0.1) is 0 Å². The van der Waals surface area contributed by atoms with E-state index in [0.29, 0.717) is 5.78 Å². The maximum atomic E-state index is 11.9. The van der Waals surface area contributed by atoms with Crippen LogP contribution in [0.25, 0.3) is 0 Å². The van der Waals surface area contributed by atoms with Crippen LogP contribution in [0.2, 0.25) is 0 Å². The quantitative estimate of drug-likeness (QED) is 0.759. The number of benzene rings is 1. The van der Waals surface area contributed by atoms with Crippen molar-refractivity contribution in [1.82, 2.24) is 0 Å². The smallest absolute Gasteiger partial charge is 0.158 e. The highest BCUT2D eigenvalue weighted by Gasteiger charge is 2.18. The zero-order valence-corrected chi connectivity index (χ0v) is 10.5. The molecule has 0 aliphatic heterocycles. The Labute approximate surface area is 104 Å². The highest BCUT2D eigenvalue weighted by atomic mass is 16.1. The van der Waals surface area contributed by atoms with Crippen molar-refractivity contribution in [3.05, 3.63) is 47.0 Å². The van der Waals surface area contributed by atoms with E-state index < -0.39 is 0 Å². The maximum absolute atomic E-state index is 11.9. The first kappa shape index (κ1) is 12.1. The third-order valence-corrected chi connectivity index (χ3v) is 3.58. The highest BCUT2D eigenvalue weighted by molar-refractivity contribution is 5.96. The standard InChI is InChI=1S/C16H20O/c1-2-14-9-6-10-16(17)15(14)12-11-13-7-4-3-5-8-13/h3-5,7-8H,2,6,9-12H2,1H3. The van der Waals surface area contributed by atoms with Crippen molar-refractivity contribution in [1.29, 1.82) is 0 Å². The summed E-state index contributed by atoms with van der Waals surface area (Å²) in [5.41, 5.74) is 3.86. The Bertz CT molecular complexity index is 414. The molecule has 0 atom stereocenters. The molecule has 1 nitrogen and oxygen atoms in total. The average molecular weight is 228 g/mol. The molecule has 0 bridgehead atoms. The lowest BCUT2D eigenvalue weighted by Gasteiger charge is -2.18. The minimum Gasteiger partial charge on any atom is -0.295 e. The van der Waals surface area contributed by atoms with Gasteiger partial charge in [0.25, 0.3) is 0 Å². The lowest BCUT2D eigenvalue weighted by Crippen LogP contribution is -2.12. The number of carbonyl (C=O) groups excluding carboxylic acids is 1. The van der Waals surface area contributed by atoms with Crippen molar-refractivity contribution in [2.45, 2.75) is 45.4 Å². The monoisotopic (exact) mass is 228 g/mol. The molecular weight excluding hydrogens is 208 g/mol. The first-order valence-corrected chi connectivity index (χ1v) is 6.59. The Morgan fingerprint density at radius 1 is 1.06 bits per heavy atom. The van der Waals surface area contributed by atoms with E-state index >= 15 is 0 Å². The normalized spacial score (nSPS) is 16.4. The van der Waals surface area contributed by atoms with E-state index in [0.717, 1.165) is 44.1 Å². The fourth-order valence-electron chi connectivity index (χ4n) is 2.58. The number of aryl methyl sites for hydroxylation is 1. The summed E-state index contributed by atoms with van der Waals surface area (Å²) < 4.78 is 0. The first-order chi connectivity index (χ1) is 8.31. The fraction of sp³-hybridized carbons (Fsp3) is 0.438. The van der Waals surface area contributed by atoms with E-state index in [2.05, 4.69) is 31.2 Å². The second kappa shape index (κ2) is 5.81. The Morgan fingerprint density at radius 3 is 2.53 bits per heavy atom. The second-order valence-corrected chi connectivity index (χ2v) is 4.70. The van der Waals surface area contributed by atoms with Crippen LogP contribution >= 0.6 is 0 Å². The van der Waals surface area contributed by atoms with Gasteiger partial charge in [-0.15, -0.1) is 0 Å². The number of ketones is 1. The van der Waals surface area contributed by atoms with Crippen LogP contribution in [0.4, 0.5) is 0 Å². The minimum atomic E-state index is 0.393. The molecule has 0 saturated heterocycles. The highest BCUT2D eigenvalue weighted by Crippen LogP contribution is 2.27. The lowest BCUT2D eigenvalue weighted by molar-refractivity contribution is -0.116. The van der Waals surface area contributed by atoms with Crippen molar-refractivity contribution in [3.8, 4) is 0 Å². The molecule has 0 fully saturated rings. The molecule has 1 heteroatoms. The van der Waals surface area contributed by atoms with Gasteiger partial charge < -0.3 is 0 Å². The third kappa shape index (κ3) is 3.06. The molecule has 1 aliphatic rings. The van der Waals surface area contributed by atoms with Crippen molar-refractivity contribution >= 4 is 5.78 Å². The largest absolute Gasteiger partial charge is 0.295 e. The van der Waals surface area contributed by atoms with Gasteiger partial charge in [0.2, 0.25) is 0 Å². The summed E-state index contributed by atoms with van der Waals surface area (Å²) >= 11 is 0. The summed E-state index contributed by atoms with van der Waals surface area (Å²) in [6, 6.07) is 10.4. The van der Waals surface area contributed by atoms with Crippen LogP contribution in [0.5, 0.6) is 0 Å². The molecule has 0 unspecified atom stereocenters. The molecule has 0 aromatic heterocycles. The van der Waals surface area contributed by atoms with E-state index in [9.17, 15) is 4.79 Å². The molecule has 90 valence electrons. The molecule has 0 radical (unpaired) electrons. The van der Waals surface area contributed by atoms with Gasteiger partial charge in [-0.3, -0.25) is 4.79 Å². The molecule has 17 heavy (non-hydrogen) atoms. The molecule has 1 aromatic carbocycles. The zero-order valence-electron chi connectivity index (χ0n) is 10.5. The molecule has 0 heterocycles. The van der Waals surface area contributed by atoms with E-state index in [-0.39, 0.29) is 0 Å². The number of carbonyl (C=O) groups is 1. The Morgan fingerprint density at radius 2 is 1.82 bits per heavy atom. The van der Waals surface area contributed by atoms with Crippen LogP contribution in [0, 0.1) is 0 Å². The predicted molar refractivity (Wildman–Crippen MR) is 70.9 cm³/mol. The molecule has 0 saturated carbocycles. The van der Waals surface area contributed by atoms with Gasteiger partial charge in [-0.2, -0.15) is 0 Å². The lowest BCUT2D eigenvalue weighted by atomic mass is 9.86. The Hall–Kier alpha value is -1.37. The first-order valence-electron chi connectivity index (χ1n) is 6.59.